The van der Waals surface area contributed by atoms with E-state index in [2.05, 4.69) is 17.6 Å². The number of halogens is 1. The van der Waals surface area contributed by atoms with Crippen molar-refractivity contribution in [2.45, 2.75) is 68.4 Å². The van der Waals surface area contributed by atoms with Crippen molar-refractivity contribution in [2.24, 2.45) is 17.8 Å². The van der Waals surface area contributed by atoms with E-state index in [0.717, 1.165) is 38.5 Å². The van der Waals surface area contributed by atoms with Crippen LogP contribution >= 0.6 is 23.4 Å². The van der Waals surface area contributed by atoms with Gasteiger partial charge in [0.2, 0.25) is 17.7 Å². The molecule has 192 valence electrons. The maximum atomic E-state index is 13.9. The quantitative estimate of drug-likeness (QED) is 0.386. The summed E-state index contributed by atoms with van der Waals surface area (Å²) in [6.45, 7) is 5.36. The summed E-state index contributed by atoms with van der Waals surface area (Å²) in [6.07, 6.45) is 4.91. The molecule has 3 amide bonds. The highest BCUT2D eigenvalue weighted by molar-refractivity contribution is 8.02. The Morgan fingerprint density at radius 2 is 1.89 bits per heavy atom. The van der Waals surface area contributed by atoms with Gasteiger partial charge < -0.3 is 20.6 Å². The van der Waals surface area contributed by atoms with Crippen molar-refractivity contribution in [2.75, 3.05) is 25.0 Å². The fourth-order valence-electron chi connectivity index (χ4n) is 6.22. The van der Waals surface area contributed by atoms with Gasteiger partial charge in [0, 0.05) is 35.7 Å². The molecule has 4 rings (SSSR count). The average molecular weight is 522 g/mol. The monoisotopic (exact) mass is 521 g/mol. The van der Waals surface area contributed by atoms with Crippen molar-refractivity contribution in [3.63, 3.8) is 0 Å². The van der Waals surface area contributed by atoms with Gasteiger partial charge in [-0.1, -0.05) is 38.3 Å². The normalized spacial score (nSPS) is 31.0. The molecule has 7 nitrogen and oxygen atoms in total. The van der Waals surface area contributed by atoms with Gasteiger partial charge in [-0.05, 0) is 55.9 Å². The van der Waals surface area contributed by atoms with Crippen LogP contribution in [0.3, 0.4) is 0 Å². The third-order valence-electron chi connectivity index (χ3n) is 7.76. The van der Waals surface area contributed by atoms with E-state index in [1.807, 2.05) is 6.92 Å². The Morgan fingerprint density at radius 3 is 2.57 bits per heavy atom. The van der Waals surface area contributed by atoms with Crippen LogP contribution in [-0.4, -0.2) is 63.5 Å². The van der Waals surface area contributed by atoms with Gasteiger partial charge in [0.15, 0.2) is 0 Å². The van der Waals surface area contributed by atoms with Crippen molar-refractivity contribution < 1.29 is 19.5 Å². The van der Waals surface area contributed by atoms with E-state index in [1.165, 1.54) is 0 Å². The molecule has 1 spiro atoms. The number of carbonyl (C=O) groups is 3. The number of thioether (sulfide) groups is 1. The van der Waals surface area contributed by atoms with Gasteiger partial charge in [-0.25, -0.2) is 0 Å². The third-order valence-corrected chi connectivity index (χ3v) is 10.1. The maximum Gasteiger partial charge on any atom is 0.248 e. The van der Waals surface area contributed by atoms with E-state index in [0.29, 0.717) is 23.8 Å². The van der Waals surface area contributed by atoms with Crippen LogP contribution in [0.25, 0.3) is 0 Å². The van der Waals surface area contributed by atoms with E-state index >= 15 is 0 Å². The highest BCUT2D eigenvalue weighted by atomic mass is 35.5. The molecule has 3 N–H and O–H groups in total. The molecular formula is C26H36ClN3O4S. The lowest BCUT2D eigenvalue weighted by Crippen LogP contribution is -2.55. The second-order valence-electron chi connectivity index (χ2n) is 10.0. The number of anilines is 1. The third kappa shape index (κ3) is 4.81. The minimum absolute atomic E-state index is 0.0494. The lowest BCUT2D eigenvalue weighted by Gasteiger charge is -2.38. The summed E-state index contributed by atoms with van der Waals surface area (Å²) < 4.78 is -0.614. The number of benzene rings is 1. The first-order valence-electron chi connectivity index (χ1n) is 12.8. The number of nitrogens with one attached hydrogen (secondary N) is 2. The van der Waals surface area contributed by atoms with E-state index in [-0.39, 0.29) is 35.5 Å². The van der Waals surface area contributed by atoms with Crippen LogP contribution < -0.4 is 10.6 Å². The van der Waals surface area contributed by atoms with Gasteiger partial charge in [-0.3, -0.25) is 14.4 Å². The van der Waals surface area contributed by atoms with Crippen molar-refractivity contribution in [1.82, 2.24) is 10.2 Å². The number of unbranched alkanes of at least 4 members (excludes halogenated alkanes) is 3. The van der Waals surface area contributed by atoms with E-state index < -0.39 is 22.6 Å². The van der Waals surface area contributed by atoms with Crippen LogP contribution in [0.15, 0.2) is 24.3 Å². The molecule has 6 atom stereocenters. The minimum Gasteiger partial charge on any atom is -0.396 e. The zero-order valence-electron chi connectivity index (χ0n) is 20.5. The molecule has 1 aromatic rings. The van der Waals surface area contributed by atoms with Crippen LogP contribution in [0.2, 0.25) is 5.02 Å². The topological polar surface area (TPSA) is 98.7 Å². The highest BCUT2D eigenvalue weighted by Crippen LogP contribution is 2.68. The molecule has 3 aliphatic rings. The fourth-order valence-corrected chi connectivity index (χ4v) is 8.77. The zero-order valence-corrected chi connectivity index (χ0v) is 22.0. The van der Waals surface area contributed by atoms with Crippen molar-refractivity contribution in [3.8, 4) is 0 Å². The molecule has 0 aromatic heterocycles. The molecule has 3 unspecified atom stereocenters. The van der Waals surface area contributed by atoms with Crippen molar-refractivity contribution >= 4 is 46.8 Å². The Balaban J connectivity index is 1.63. The molecule has 0 aliphatic carbocycles. The summed E-state index contributed by atoms with van der Waals surface area (Å²) in [6, 6.07) is 6.33. The number of hydrogen-bond donors (Lipinski definition) is 3. The fraction of sp³-hybridized carbons (Fsp3) is 0.654. The molecule has 3 heterocycles. The summed E-state index contributed by atoms with van der Waals surface area (Å²) in [5.41, 5.74) is 0.636. The van der Waals surface area contributed by atoms with Crippen LogP contribution in [0.1, 0.15) is 52.4 Å². The molecule has 35 heavy (non-hydrogen) atoms. The van der Waals surface area contributed by atoms with Gasteiger partial charge in [-0.15, -0.1) is 11.8 Å². The van der Waals surface area contributed by atoms with Gasteiger partial charge >= 0.3 is 0 Å². The lowest BCUT2D eigenvalue weighted by molar-refractivity contribution is -0.139. The van der Waals surface area contributed by atoms with Gasteiger partial charge in [0.25, 0.3) is 0 Å². The Kier molecular flexibility index (Phi) is 8.34. The number of nitrogens with zero attached hydrogens (tertiary/aromatic N) is 1. The predicted octanol–water partition coefficient (Wildman–Crippen LogP) is 3.69. The standard InChI is InChI=1S/C26H36ClN3O4S/c1-3-12-28-23(32)20-19-15-16(2)26(35-19)21(20)25(34)30(13-6-4-5-7-14-31)22(26)24(33)29-18-10-8-17(27)9-11-18/h8-11,16,19-22,31H,3-7,12-15H2,1-2H3,(H,28,32)(H,29,33)/t16?,19-,20+,21+,22?,26?/m1/s1. The molecular weight excluding hydrogens is 486 g/mol. The number of aliphatic hydroxyl groups is 1. The molecule has 9 heteroatoms. The molecule has 2 bridgehead atoms. The SMILES string of the molecule is CCCNC(=O)[C@@H]1[C@H]2C(=O)N(CCCCCCO)C(C(=O)Nc3ccc(Cl)cc3)C23S[C@@H]1CC3C. The van der Waals surface area contributed by atoms with Gasteiger partial charge in [-0.2, -0.15) is 0 Å². The highest BCUT2D eigenvalue weighted by Gasteiger charge is 2.75. The molecule has 0 radical (unpaired) electrons. The second kappa shape index (κ2) is 11.1. The number of likely N-dealkylation sites (tertiary alicyclic amines) is 1. The van der Waals surface area contributed by atoms with Crippen LogP contribution in [0, 0.1) is 17.8 Å². The number of carbonyl (C=O) groups excluding carboxylic acids is 3. The summed E-state index contributed by atoms with van der Waals surface area (Å²) in [5, 5.41) is 15.7. The summed E-state index contributed by atoms with van der Waals surface area (Å²) >= 11 is 7.71. The minimum atomic E-state index is -0.637. The van der Waals surface area contributed by atoms with Gasteiger partial charge in [0.1, 0.15) is 6.04 Å². The first kappa shape index (κ1) is 26.3. The Labute approximate surface area is 216 Å². The Hall–Kier alpha value is -1.77. The van der Waals surface area contributed by atoms with E-state index in [9.17, 15) is 14.4 Å². The Morgan fingerprint density at radius 1 is 1.17 bits per heavy atom. The predicted molar refractivity (Wildman–Crippen MR) is 139 cm³/mol. The number of hydrogen-bond acceptors (Lipinski definition) is 5. The van der Waals surface area contributed by atoms with Crippen molar-refractivity contribution in [3.05, 3.63) is 29.3 Å². The zero-order chi connectivity index (χ0) is 25.2. The van der Waals surface area contributed by atoms with Crippen LogP contribution in [0.4, 0.5) is 5.69 Å². The summed E-state index contributed by atoms with van der Waals surface area (Å²) in [5.74, 6) is -1.08. The number of fused-ring (bicyclic) bond motifs is 1. The summed E-state index contributed by atoms with van der Waals surface area (Å²) in [7, 11) is 0. The largest absolute Gasteiger partial charge is 0.396 e. The average Bonchev–Trinajstić information content (AvgIpc) is 3.42. The smallest absolute Gasteiger partial charge is 0.248 e. The van der Waals surface area contributed by atoms with E-state index in [1.54, 1.807) is 40.9 Å². The van der Waals surface area contributed by atoms with Crippen LogP contribution in [-0.2, 0) is 14.4 Å². The molecule has 3 fully saturated rings. The number of amides is 3. The van der Waals surface area contributed by atoms with E-state index in [4.69, 9.17) is 16.7 Å². The lowest BCUT2D eigenvalue weighted by atomic mass is 9.66. The molecule has 3 aliphatic heterocycles. The van der Waals surface area contributed by atoms with Gasteiger partial charge in [0.05, 0.1) is 16.6 Å². The Bertz CT molecular complexity index is 945. The number of aliphatic hydroxyl groups excluding tert-OH is 1. The maximum absolute atomic E-state index is 13.9. The first-order chi connectivity index (χ1) is 16.8. The molecule has 1 aromatic carbocycles. The molecule has 3 saturated heterocycles. The number of rotatable bonds is 11. The summed E-state index contributed by atoms with van der Waals surface area (Å²) in [4.78, 5) is 42.7. The second-order valence-corrected chi connectivity index (χ2v) is 12.0. The first-order valence-corrected chi connectivity index (χ1v) is 14.0. The van der Waals surface area contributed by atoms with Crippen molar-refractivity contribution in [1.29, 1.82) is 0 Å². The molecule has 0 saturated carbocycles. The van der Waals surface area contributed by atoms with Crippen LogP contribution in [0.5, 0.6) is 0 Å².